The average molecular weight is 286 g/mol. The molecule has 2 aliphatic rings. The van der Waals surface area contributed by atoms with E-state index in [1.807, 2.05) is 0 Å². The maximum Gasteiger partial charge on any atom is 0.337 e. The van der Waals surface area contributed by atoms with Gasteiger partial charge in [-0.2, -0.15) is 0 Å². The Kier molecular flexibility index (Phi) is 5.87. The Morgan fingerprint density at radius 3 is 2.37 bits per heavy atom. The van der Waals surface area contributed by atoms with Crippen molar-refractivity contribution >= 4 is 8.56 Å². The molecule has 3 atom stereocenters. The van der Waals surface area contributed by atoms with Gasteiger partial charge >= 0.3 is 8.56 Å². The van der Waals surface area contributed by atoms with Crippen molar-refractivity contribution in [3.05, 3.63) is 0 Å². The van der Waals surface area contributed by atoms with Gasteiger partial charge < -0.3 is 13.6 Å². The number of ether oxygens (including phenoxy) is 1. The van der Waals surface area contributed by atoms with E-state index in [1.54, 1.807) is 0 Å². The Labute approximate surface area is 119 Å². The van der Waals surface area contributed by atoms with Crippen LogP contribution in [0.4, 0.5) is 0 Å². The highest BCUT2D eigenvalue weighted by atomic mass is 28.4. The summed E-state index contributed by atoms with van der Waals surface area (Å²) in [6, 6.07) is 2.24. The van der Waals surface area contributed by atoms with E-state index < -0.39 is 8.56 Å². The van der Waals surface area contributed by atoms with Crippen molar-refractivity contribution in [1.29, 1.82) is 0 Å². The van der Waals surface area contributed by atoms with E-state index in [0.29, 0.717) is 12.2 Å². The highest BCUT2D eigenvalue weighted by Crippen LogP contribution is 2.41. The van der Waals surface area contributed by atoms with Gasteiger partial charge in [0.15, 0.2) is 0 Å². The van der Waals surface area contributed by atoms with Crippen molar-refractivity contribution in [3.63, 3.8) is 0 Å². The van der Waals surface area contributed by atoms with Gasteiger partial charge in [0.25, 0.3) is 0 Å². The van der Waals surface area contributed by atoms with Crippen LogP contribution in [0, 0.1) is 5.92 Å². The number of rotatable bonds is 9. The van der Waals surface area contributed by atoms with Crippen LogP contribution in [-0.2, 0) is 13.6 Å². The topological polar surface area (TPSA) is 31.0 Å². The van der Waals surface area contributed by atoms with Crippen LogP contribution >= 0.6 is 0 Å². The second-order valence-electron chi connectivity index (χ2n) is 5.91. The van der Waals surface area contributed by atoms with Crippen LogP contribution in [0.2, 0.25) is 12.1 Å². The van der Waals surface area contributed by atoms with E-state index in [0.717, 1.165) is 31.2 Å². The van der Waals surface area contributed by atoms with Gasteiger partial charge in [0.05, 0.1) is 12.2 Å². The number of fused-ring (bicyclic) bond motifs is 1. The summed E-state index contributed by atoms with van der Waals surface area (Å²) in [6.07, 6.45) is 7.81. The third-order valence-corrected chi connectivity index (χ3v) is 8.46. The van der Waals surface area contributed by atoms with Gasteiger partial charge in [0, 0.05) is 13.2 Å². The van der Waals surface area contributed by atoms with Crippen LogP contribution < -0.4 is 0 Å². The molecule has 1 saturated carbocycles. The van der Waals surface area contributed by atoms with Gasteiger partial charge in [-0.05, 0) is 51.1 Å². The fraction of sp³-hybridized carbons (Fsp3) is 1.00. The molecule has 19 heavy (non-hydrogen) atoms. The molecule has 1 aliphatic heterocycles. The number of hydrogen-bond donors (Lipinski definition) is 0. The van der Waals surface area contributed by atoms with Crippen molar-refractivity contribution in [1.82, 2.24) is 0 Å². The third kappa shape index (κ3) is 4.28. The van der Waals surface area contributed by atoms with E-state index in [-0.39, 0.29) is 0 Å². The van der Waals surface area contributed by atoms with Gasteiger partial charge in [-0.1, -0.05) is 19.8 Å². The molecule has 1 saturated heterocycles. The molecule has 0 aromatic heterocycles. The standard InChI is InChI=1S/C15H30O3Si/c1-4-16-19(6-3,17-5-2)11-7-8-13-9-10-14-15(12-13)18-14/h13-15H,4-12H2,1-3H3. The Hall–Kier alpha value is 0.0969. The van der Waals surface area contributed by atoms with Crippen molar-refractivity contribution in [2.45, 2.75) is 77.2 Å². The van der Waals surface area contributed by atoms with Crippen LogP contribution in [-0.4, -0.2) is 34.0 Å². The first-order valence-corrected chi connectivity index (χ1v) is 10.4. The molecule has 1 aliphatic carbocycles. The smallest absolute Gasteiger partial charge is 0.337 e. The summed E-state index contributed by atoms with van der Waals surface area (Å²) in [5, 5.41) is 0. The summed E-state index contributed by atoms with van der Waals surface area (Å²) in [4.78, 5) is 0. The zero-order valence-electron chi connectivity index (χ0n) is 12.8. The molecule has 1 heterocycles. The Morgan fingerprint density at radius 2 is 1.79 bits per heavy atom. The highest BCUT2D eigenvalue weighted by Gasteiger charge is 2.43. The normalized spacial score (nSPS) is 30.2. The Balaban J connectivity index is 1.71. The maximum absolute atomic E-state index is 6.03. The molecule has 0 spiro atoms. The lowest BCUT2D eigenvalue weighted by molar-refractivity contribution is 0.181. The molecule has 0 aromatic rings. The van der Waals surface area contributed by atoms with E-state index in [9.17, 15) is 0 Å². The molecule has 3 nitrogen and oxygen atoms in total. The lowest BCUT2D eigenvalue weighted by Gasteiger charge is -2.29. The highest BCUT2D eigenvalue weighted by molar-refractivity contribution is 6.67. The van der Waals surface area contributed by atoms with E-state index >= 15 is 0 Å². The molecule has 3 unspecified atom stereocenters. The monoisotopic (exact) mass is 286 g/mol. The molecule has 2 rings (SSSR count). The molecule has 2 fully saturated rings. The van der Waals surface area contributed by atoms with Crippen molar-refractivity contribution < 1.29 is 13.6 Å². The van der Waals surface area contributed by atoms with Gasteiger partial charge in [-0.25, -0.2) is 0 Å². The van der Waals surface area contributed by atoms with Crippen LogP contribution in [0.5, 0.6) is 0 Å². The first kappa shape index (κ1) is 15.5. The van der Waals surface area contributed by atoms with Crippen LogP contribution in [0.15, 0.2) is 0 Å². The lowest BCUT2D eigenvalue weighted by atomic mass is 9.86. The van der Waals surface area contributed by atoms with E-state index in [2.05, 4.69) is 20.8 Å². The SMILES string of the molecule is CCO[Si](CC)(CCCC1CCC2OC2C1)OCC. The molecule has 4 heteroatoms. The van der Waals surface area contributed by atoms with Gasteiger partial charge in [0.2, 0.25) is 0 Å². The summed E-state index contributed by atoms with van der Waals surface area (Å²) >= 11 is 0. The maximum atomic E-state index is 6.03. The zero-order chi connectivity index (χ0) is 13.7. The summed E-state index contributed by atoms with van der Waals surface area (Å²) in [7, 11) is -1.89. The molecule has 0 bridgehead atoms. The summed E-state index contributed by atoms with van der Waals surface area (Å²) < 4.78 is 17.7. The average Bonchev–Trinajstić information content (AvgIpc) is 3.17. The lowest BCUT2D eigenvalue weighted by Crippen LogP contribution is -2.41. The van der Waals surface area contributed by atoms with Crippen molar-refractivity contribution in [2.24, 2.45) is 5.92 Å². The molecule has 0 amide bonds. The van der Waals surface area contributed by atoms with Crippen molar-refractivity contribution in [2.75, 3.05) is 13.2 Å². The van der Waals surface area contributed by atoms with Crippen molar-refractivity contribution in [3.8, 4) is 0 Å². The molecule has 112 valence electrons. The Morgan fingerprint density at radius 1 is 1.05 bits per heavy atom. The second kappa shape index (κ2) is 7.20. The quantitative estimate of drug-likeness (QED) is 0.476. The zero-order valence-corrected chi connectivity index (χ0v) is 13.8. The second-order valence-corrected chi connectivity index (χ2v) is 9.52. The summed E-state index contributed by atoms with van der Waals surface area (Å²) in [5.74, 6) is 0.885. The fourth-order valence-corrected chi connectivity index (χ4v) is 6.43. The van der Waals surface area contributed by atoms with Crippen LogP contribution in [0.1, 0.15) is 52.9 Å². The number of epoxide rings is 1. The van der Waals surface area contributed by atoms with Gasteiger partial charge in [0.1, 0.15) is 0 Å². The first-order valence-electron chi connectivity index (χ1n) is 8.16. The van der Waals surface area contributed by atoms with E-state index in [1.165, 1.54) is 32.1 Å². The molecule has 0 aromatic carbocycles. The Bertz CT molecular complexity index is 266. The molecular formula is C15H30O3Si. The number of hydrogen-bond acceptors (Lipinski definition) is 3. The van der Waals surface area contributed by atoms with Crippen LogP contribution in [0.25, 0.3) is 0 Å². The molecular weight excluding hydrogens is 256 g/mol. The molecule has 0 radical (unpaired) electrons. The predicted octanol–water partition coefficient (Wildman–Crippen LogP) is 3.87. The minimum Gasteiger partial charge on any atom is -0.394 e. The fourth-order valence-electron chi connectivity index (χ4n) is 3.50. The van der Waals surface area contributed by atoms with Gasteiger partial charge in [-0.15, -0.1) is 0 Å². The minimum atomic E-state index is -1.89. The van der Waals surface area contributed by atoms with E-state index in [4.69, 9.17) is 13.6 Å². The summed E-state index contributed by atoms with van der Waals surface area (Å²) in [5.41, 5.74) is 0. The van der Waals surface area contributed by atoms with Crippen LogP contribution in [0.3, 0.4) is 0 Å². The predicted molar refractivity (Wildman–Crippen MR) is 79.5 cm³/mol. The molecule has 0 N–H and O–H groups in total. The third-order valence-electron chi connectivity index (χ3n) is 4.64. The largest absolute Gasteiger partial charge is 0.394 e. The first-order chi connectivity index (χ1) is 9.23. The minimum absolute atomic E-state index is 0.616. The van der Waals surface area contributed by atoms with Gasteiger partial charge in [-0.3, -0.25) is 0 Å². The summed E-state index contributed by atoms with van der Waals surface area (Å²) in [6.45, 7) is 7.98.